The van der Waals surface area contributed by atoms with Crippen molar-refractivity contribution >= 4 is 40.8 Å². The molecule has 0 spiro atoms. The zero-order chi connectivity index (χ0) is 31.0. The number of likely N-dealkylation sites (tertiary alicyclic amines) is 1. The minimum Gasteiger partial charge on any atom is -0.468 e. The van der Waals surface area contributed by atoms with Gasteiger partial charge in [0.2, 0.25) is 5.95 Å². The smallest absolute Gasteiger partial charge is 0.325 e. The summed E-state index contributed by atoms with van der Waals surface area (Å²) in [7, 11) is 1.30. The number of anilines is 2. The van der Waals surface area contributed by atoms with Gasteiger partial charge in [0.25, 0.3) is 5.91 Å². The van der Waals surface area contributed by atoms with Crippen LogP contribution >= 0.6 is 11.6 Å². The van der Waals surface area contributed by atoms with Gasteiger partial charge in [-0.15, -0.1) is 0 Å². The van der Waals surface area contributed by atoms with Gasteiger partial charge in [0.05, 0.1) is 30.6 Å². The van der Waals surface area contributed by atoms with Gasteiger partial charge in [-0.05, 0) is 61.4 Å². The Balaban J connectivity index is 1.23. The van der Waals surface area contributed by atoms with Crippen LogP contribution in [0.3, 0.4) is 0 Å². The second-order valence-electron chi connectivity index (χ2n) is 10.7. The monoisotopic (exact) mass is 616 g/mol. The first-order chi connectivity index (χ1) is 21.2. The number of rotatable bonds is 5. The number of halogens is 3. The summed E-state index contributed by atoms with van der Waals surface area (Å²) >= 11 is 6.30. The fourth-order valence-corrected chi connectivity index (χ4v) is 5.62. The number of nitrogens with one attached hydrogen (secondary N) is 1. The predicted molar refractivity (Wildman–Crippen MR) is 162 cm³/mol. The Labute approximate surface area is 256 Å². The molecule has 1 saturated heterocycles. The maximum Gasteiger partial charge on any atom is 0.325 e. The third kappa shape index (κ3) is 5.51. The maximum absolute atomic E-state index is 14.8. The van der Waals surface area contributed by atoms with E-state index in [1.54, 1.807) is 53.6 Å². The number of aliphatic imine (C=N–C) groups is 1. The van der Waals surface area contributed by atoms with Crippen molar-refractivity contribution < 1.29 is 23.1 Å². The molecule has 1 amide bonds. The lowest BCUT2D eigenvalue weighted by molar-refractivity contribution is -0.148. The zero-order valence-corrected chi connectivity index (χ0v) is 24.4. The molecule has 1 aromatic heterocycles. The molecule has 2 aliphatic heterocycles. The lowest BCUT2D eigenvalue weighted by Crippen LogP contribution is -2.57. The van der Waals surface area contributed by atoms with Crippen molar-refractivity contribution in [3.63, 3.8) is 0 Å². The number of fused-ring (bicyclic) bond motifs is 3. The van der Waals surface area contributed by atoms with Gasteiger partial charge < -0.3 is 20.7 Å². The Bertz CT molecular complexity index is 1790. The highest BCUT2D eigenvalue weighted by Crippen LogP contribution is 2.35. The third-order valence-corrected chi connectivity index (χ3v) is 8.12. The normalized spacial score (nSPS) is 15.4. The molecule has 0 radical (unpaired) electrons. The Morgan fingerprint density at radius 2 is 1.73 bits per heavy atom. The van der Waals surface area contributed by atoms with Gasteiger partial charge in [0, 0.05) is 52.3 Å². The highest BCUT2D eigenvalue weighted by atomic mass is 35.5. The lowest BCUT2D eigenvalue weighted by Gasteiger charge is -2.37. The average molecular weight is 617 g/mol. The van der Waals surface area contributed by atoms with Crippen molar-refractivity contribution in [2.75, 3.05) is 25.5 Å². The molecular formula is C32H27ClF2N6O3. The molecule has 4 aromatic rings. The second kappa shape index (κ2) is 11.7. The Kier molecular flexibility index (Phi) is 7.83. The average Bonchev–Trinajstić information content (AvgIpc) is 3.17. The van der Waals surface area contributed by atoms with Crippen LogP contribution in [0.25, 0.3) is 11.3 Å². The van der Waals surface area contributed by atoms with Crippen LogP contribution in [-0.4, -0.2) is 58.2 Å². The van der Waals surface area contributed by atoms with Crippen molar-refractivity contribution in [2.45, 2.75) is 24.9 Å². The van der Waals surface area contributed by atoms with Gasteiger partial charge in [0.1, 0.15) is 17.2 Å². The molecule has 3 heterocycles. The number of hydrogen-bond acceptors (Lipinski definition) is 8. The highest BCUT2D eigenvalue weighted by Gasteiger charge is 2.40. The number of ether oxygens (including phenoxy) is 1. The van der Waals surface area contributed by atoms with Gasteiger partial charge in [0.15, 0.2) is 0 Å². The number of esters is 1. The SMILES string of the molecule is COC(=O)C1(N)CCN(C(=O)c2ccc(Nc3ncc4c(n3)-c3ccc(Cl)cc3C(c3c(F)cccc3F)=NC4)cc2)CC1. The molecule has 1 fully saturated rings. The minimum absolute atomic E-state index is 0.100. The summed E-state index contributed by atoms with van der Waals surface area (Å²) in [6.45, 7) is 0.785. The van der Waals surface area contributed by atoms with Crippen LogP contribution in [0.2, 0.25) is 5.02 Å². The van der Waals surface area contributed by atoms with Crippen LogP contribution in [0.5, 0.6) is 0 Å². The van der Waals surface area contributed by atoms with Crippen LogP contribution in [0.15, 0.2) is 71.9 Å². The van der Waals surface area contributed by atoms with Crippen LogP contribution in [0.4, 0.5) is 20.4 Å². The second-order valence-corrected chi connectivity index (χ2v) is 11.1. The molecule has 9 nitrogen and oxygen atoms in total. The molecule has 224 valence electrons. The Morgan fingerprint density at radius 3 is 2.41 bits per heavy atom. The first-order valence-corrected chi connectivity index (χ1v) is 14.2. The number of carbonyl (C=O) groups is 2. The van der Waals surface area contributed by atoms with Crippen LogP contribution in [-0.2, 0) is 16.1 Å². The fourth-order valence-electron chi connectivity index (χ4n) is 5.45. The molecule has 3 aromatic carbocycles. The van der Waals surface area contributed by atoms with E-state index in [9.17, 15) is 18.4 Å². The van der Waals surface area contributed by atoms with Crippen LogP contribution in [0.1, 0.15) is 39.9 Å². The van der Waals surface area contributed by atoms with Gasteiger partial charge >= 0.3 is 5.97 Å². The molecule has 6 rings (SSSR count). The van der Waals surface area contributed by atoms with E-state index in [0.29, 0.717) is 64.6 Å². The molecule has 0 saturated carbocycles. The van der Waals surface area contributed by atoms with E-state index >= 15 is 0 Å². The first kappa shape index (κ1) is 29.3. The van der Waals surface area contributed by atoms with E-state index in [4.69, 9.17) is 27.1 Å². The summed E-state index contributed by atoms with van der Waals surface area (Å²) in [5, 5.41) is 3.54. The summed E-state index contributed by atoms with van der Waals surface area (Å²) in [6.07, 6.45) is 2.25. The Hall–Kier alpha value is -4.74. The number of nitrogens with zero attached hydrogens (tertiary/aromatic N) is 4. The van der Waals surface area contributed by atoms with E-state index < -0.39 is 23.1 Å². The van der Waals surface area contributed by atoms with Crippen molar-refractivity contribution in [2.24, 2.45) is 10.7 Å². The molecule has 44 heavy (non-hydrogen) atoms. The molecule has 2 aliphatic rings. The number of methoxy groups -OCH3 is 1. The number of aromatic nitrogens is 2. The number of hydrogen-bond donors (Lipinski definition) is 2. The van der Waals surface area contributed by atoms with Crippen molar-refractivity contribution in [1.82, 2.24) is 14.9 Å². The molecule has 0 bridgehead atoms. The summed E-state index contributed by atoms with van der Waals surface area (Å²) in [4.78, 5) is 40.4. The predicted octanol–water partition coefficient (Wildman–Crippen LogP) is 5.28. The largest absolute Gasteiger partial charge is 0.468 e. The Morgan fingerprint density at radius 1 is 1.02 bits per heavy atom. The third-order valence-electron chi connectivity index (χ3n) is 7.89. The van der Waals surface area contributed by atoms with Gasteiger partial charge in [-0.1, -0.05) is 23.7 Å². The first-order valence-electron chi connectivity index (χ1n) is 13.9. The molecule has 0 atom stereocenters. The zero-order valence-electron chi connectivity index (χ0n) is 23.6. The number of benzene rings is 3. The number of carbonyl (C=O) groups excluding carboxylic acids is 2. The van der Waals surface area contributed by atoms with E-state index in [-0.39, 0.29) is 29.7 Å². The van der Waals surface area contributed by atoms with Gasteiger partial charge in [-0.2, -0.15) is 0 Å². The summed E-state index contributed by atoms with van der Waals surface area (Å²) in [5.41, 5.74) is 8.37. The van der Waals surface area contributed by atoms with Crippen molar-refractivity contribution in [3.05, 3.63) is 106 Å². The van der Waals surface area contributed by atoms with E-state index in [1.807, 2.05) is 0 Å². The highest BCUT2D eigenvalue weighted by molar-refractivity contribution is 6.31. The van der Waals surface area contributed by atoms with E-state index in [2.05, 4.69) is 15.3 Å². The van der Waals surface area contributed by atoms with E-state index in [1.165, 1.54) is 25.3 Å². The van der Waals surface area contributed by atoms with Crippen molar-refractivity contribution in [3.8, 4) is 11.3 Å². The lowest BCUT2D eigenvalue weighted by atomic mass is 9.88. The van der Waals surface area contributed by atoms with E-state index in [0.717, 1.165) is 0 Å². The number of amides is 1. The fraction of sp³-hybridized carbons (Fsp3) is 0.219. The quantitative estimate of drug-likeness (QED) is 0.293. The standard InChI is InChI=1S/C32H27ClF2N6O3/c1-44-30(43)32(36)11-13-41(14-12-32)29(42)18-5-8-21(9-6-18)39-31-38-17-19-16-37-28(26-24(34)3-2-4-25(26)35)23-15-20(33)7-10-22(23)27(19)40-31/h2-10,15,17H,11-14,16,36H2,1H3,(H,38,39,40). The van der Waals surface area contributed by atoms with Gasteiger partial charge in [-0.3, -0.25) is 14.6 Å². The van der Waals surface area contributed by atoms with Gasteiger partial charge in [-0.25, -0.2) is 18.7 Å². The molecule has 0 aliphatic carbocycles. The van der Waals surface area contributed by atoms with Crippen molar-refractivity contribution in [1.29, 1.82) is 0 Å². The molecule has 0 unspecified atom stereocenters. The summed E-state index contributed by atoms with van der Waals surface area (Å²) < 4.78 is 34.4. The summed E-state index contributed by atoms with van der Waals surface area (Å²) in [5.74, 6) is -1.82. The topological polar surface area (TPSA) is 123 Å². The van der Waals surface area contributed by atoms with Crippen LogP contribution in [0, 0.1) is 11.6 Å². The van der Waals surface area contributed by atoms with Crippen LogP contribution < -0.4 is 11.1 Å². The maximum atomic E-state index is 14.8. The number of nitrogens with two attached hydrogens (primary N) is 1. The minimum atomic E-state index is -1.08. The molecular weight excluding hydrogens is 590 g/mol. The molecule has 12 heteroatoms. The number of piperidine rings is 1. The molecule has 3 N–H and O–H groups in total. The summed E-state index contributed by atoms with van der Waals surface area (Å²) in [6, 6.07) is 15.6.